The summed E-state index contributed by atoms with van der Waals surface area (Å²) in [5, 5.41) is 1.30. The molecular weight excluding hydrogens is 656 g/mol. The summed E-state index contributed by atoms with van der Waals surface area (Å²) in [7, 11) is 0. The molecule has 4 aromatic carbocycles. The molecule has 4 rings (SSSR count). The van der Waals surface area contributed by atoms with E-state index in [-0.39, 0.29) is 0 Å². The minimum atomic E-state index is -0.493. The van der Waals surface area contributed by atoms with Crippen molar-refractivity contribution in [1.82, 2.24) is 0 Å². The lowest BCUT2D eigenvalue weighted by Gasteiger charge is -2.12. The molecule has 0 aliphatic heterocycles. The molecule has 0 heterocycles. The van der Waals surface area contributed by atoms with Crippen LogP contribution in [0.4, 0.5) is 0 Å². The molecular formula is C44H52O8. The third-order valence-corrected chi connectivity index (χ3v) is 8.52. The fourth-order valence-electron chi connectivity index (χ4n) is 5.65. The maximum absolute atomic E-state index is 13.1. The molecule has 0 fully saturated rings. The van der Waals surface area contributed by atoms with E-state index in [9.17, 15) is 9.59 Å². The summed E-state index contributed by atoms with van der Waals surface area (Å²) in [5.74, 6) is 1.17. The summed E-state index contributed by atoms with van der Waals surface area (Å²) < 4.78 is 33.6. The first-order valence-corrected chi connectivity index (χ1v) is 18.5. The summed E-state index contributed by atoms with van der Waals surface area (Å²) in [6, 6.07) is 24.5. The van der Waals surface area contributed by atoms with E-state index in [1.165, 1.54) is 38.2 Å². The number of unbranched alkanes of at least 4 members (excludes halogenated alkanes) is 10. The maximum Gasteiger partial charge on any atom is 0.343 e. The second-order valence-electron chi connectivity index (χ2n) is 12.4. The fourth-order valence-corrected chi connectivity index (χ4v) is 5.65. The van der Waals surface area contributed by atoms with E-state index in [1.54, 1.807) is 60.7 Å². The van der Waals surface area contributed by atoms with Gasteiger partial charge in [0, 0.05) is 10.8 Å². The highest BCUT2D eigenvalue weighted by molar-refractivity contribution is 6.00. The molecule has 0 radical (unpaired) electrons. The molecule has 0 aliphatic rings. The van der Waals surface area contributed by atoms with E-state index < -0.39 is 11.9 Å². The van der Waals surface area contributed by atoms with E-state index >= 15 is 0 Å². The lowest BCUT2D eigenvalue weighted by Crippen LogP contribution is -2.10. The number of rotatable bonds is 26. The predicted octanol–water partition coefficient (Wildman–Crippen LogP) is 11.0. The molecule has 0 aromatic heterocycles. The quantitative estimate of drug-likeness (QED) is 0.0276. The van der Waals surface area contributed by atoms with Crippen LogP contribution in [-0.4, -0.2) is 38.4 Å². The highest BCUT2D eigenvalue weighted by Crippen LogP contribution is 2.34. The van der Waals surface area contributed by atoms with Crippen molar-refractivity contribution in [3.63, 3.8) is 0 Å². The zero-order valence-electron chi connectivity index (χ0n) is 30.2. The second kappa shape index (κ2) is 23.3. The summed E-state index contributed by atoms with van der Waals surface area (Å²) in [5.41, 5.74) is 0.808. The van der Waals surface area contributed by atoms with Crippen LogP contribution in [0.15, 0.2) is 111 Å². The van der Waals surface area contributed by atoms with Gasteiger partial charge in [0.25, 0.3) is 0 Å². The number of hydrogen-bond donors (Lipinski definition) is 0. The van der Waals surface area contributed by atoms with E-state index in [4.69, 9.17) is 28.4 Å². The normalized spacial score (nSPS) is 10.7. The van der Waals surface area contributed by atoms with Gasteiger partial charge < -0.3 is 28.4 Å². The Labute approximate surface area is 308 Å². The lowest BCUT2D eigenvalue weighted by molar-refractivity contribution is 0.0723. The first-order valence-electron chi connectivity index (χ1n) is 18.5. The lowest BCUT2D eigenvalue weighted by atomic mass is 10.1. The van der Waals surface area contributed by atoms with Crippen LogP contribution in [0.25, 0.3) is 10.8 Å². The average Bonchev–Trinajstić information content (AvgIpc) is 3.17. The Kier molecular flexibility index (Phi) is 17.7. The standard InChI is InChI=1S/C44H52O8/c1-3-47-31-15-9-5-7-11-17-33-49-37-25-21-35(22-26-37)43(45)51-41-29-30-42(40-20-14-13-19-39(40)41)52-44(46)36-23-27-38(28-24-36)50-34-18-12-8-6-10-16-32-48-4-2/h3-4,13-14,19-30H,1-2,5-12,15-18,31-34H2. The highest BCUT2D eigenvalue weighted by atomic mass is 16.5. The Bertz CT molecular complexity index is 1540. The number of carbonyl (C=O) groups excluding carboxylic acids is 2. The molecule has 0 unspecified atom stereocenters. The van der Waals surface area contributed by atoms with Crippen LogP contribution in [0, 0.1) is 0 Å². The van der Waals surface area contributed by atoms with Crippen LogP contribution in [0.2, 0.25) is 0 Å². The summed E-state index contributed by atoms with van der Waals surface area (Å²) in [6.07, 6.45) is 16.3. The Morgan fingerprint density at radius 3 is 1.15 bits per heavy atom. The van der Waals surface area contributed by atoms with Crippen molar-refractivity contribution in [1.29, 1.82) is 0 Å². The number of fused-ring (bicyclic) bond motifs is 1. The van der Waals surface area contributed by atoms with Gasteiger partial charge in [-0.15, -0.1) is 0 Å². The van der Waals surface area contributed by atoms with E-state index in [2.05, 4.69) is 13.2 Å². The molecule has 8 nitrogen and oxygen atoms in total. The predicted molar refractivity (Wildman–Crippen MR) is 205 cm³/mol. The Morgan fingerprint density at radius 1 is 0.442 bits per heavy atom. The zero-order valence-corrected chi connectivity index (χ0v) is 30.2. The Balaban J connectivity index is 1.21. The Morgan fingerprint density at radius 2 is 0.788 bits per heavy atom. The average molecular weight is 709 g/mol. The molecule has 52 heavy (non-hydrogen) atoms. The first-order chi connectivity index (χ1) is 25.6. The Hall–Kier alpha value is -5.24. The van der Waals surface area contributed by atoms with Crippen LogP contribution in [0.3, 0.4) is 0 Å². The maximum atomic E-state index is 13.1. The van der Waals surface area contributed by atoms with E-state index in [1.807, 2.05) is 24.3 Å². The van der Waals surface area contributed by atoms with Crippen LogP contribution in [0.1, 0.15) is 97.8 Å². The van der Waals surface area contributed by atoms with Gasteiger partial charge in [0.15, 0.2) is 0 Å². The van der Waals surface area contributed by atoms with Gasteiger partial charge in [0.1, 0.15) is 23.0 Å². The fraction of sp³-hybridized carbons (Fsp3) is 0.364. The number of esters is 2. The molecule has 0 atom stereocenters. The van der Waals surface area contributed by atoms with Gasteiger partial charge in [0.05, 0.1) is 50.1 Å². The minimum absolute atomic E-state index is 0.369. The van der Waals surface area contributed by atoms with Crippen molar-refractivity contribution in [2.45, 2.75) is 77.0 Å². The third-order valence-electron chi connectivity index (χ3n) is 8.52. The zero-order chi connectivity index (χ0) is 36.6. The van der Waals surface area contributed by atoms with Crippen molar-refractivity contribution in [2.24, 2.45) is 0 Å². The van der Waals surface area contributed by atoms with Gasteiger partial charge in [0.2, 0.25) is 0 Å². The van der Waals surface area contributed by atoms with Gasteiger partial charge in [-0.3, -0.25) is 0 Å². The molecule has 8 heteroatoms. The molecule has 0 saturated carbocycles. The molecule has 0 aliphatic carbocycles. The van der Waals surface area contributed by atoms with E-state index in [0.717, 1.165) is 64.6 Å². The molecule has 0 N–H and O–H groups in total. The first kappa shape index (κ1) is 39.5. The molecule has 0 spiro atoms. The van der Waals surface area contributed by atoms with Crippen LogP contribution < -0.4 is 18.9 Å². The smallest absolute Gasteiger partial charge is 0.343 e. The molecule has 0 bridgehead atoms. The van der Waals surface area contributed by atoms with Crippen molar-refractivity contribution in [3.05, 3.63) is 122 Å². The SMILES string of the molecule is C=COCCCCCCCCOc1ccc(C(=O)Oc2ccc(OC(=O)c3ccc(OCCCCCCCCOC=C)cc3)c3ccccc23)cc1. The van der Waals surface area contributed by atoms with Crippen LogP contribution in [0.5, 0.6) is 23.0 Å². The number of hydrogen-bond acceptors (Lipinski definition) is 8. The van der Waals surface area contributed by atoms with E-state index in [0.29, 0.717) is 58.1 Å². The highest BCUT2D eigenvalue weighted by Gasteiger charge is 2.16. The summed E-state index contributed by atoms with van der Waals surface area (Å²) >= 11 is 0. The van der Waals surface area contributed by atoms with Gasteiger partial charge in [-0.25, -0.2) is 9.59 Å². The van der Waals surface area contributed by atoms with Crippen LogP contribution in [-0.2, 0) is 9.47 Å². The van der Waals surface area contributed by atoms with Gasteiger partial charge in [-0.2, -0.15) is 0 Å². The number of benzene rings is 4. The second-order valence-corrected chi connectivity index (χ2v) is 12.4. The van der Waals surface area contributed by atoms with Gasteiger partial charge in [-0.1, -0.05) is 88.8 Å². The van der Waals surface area contributed by atoms with Crippen molar-refractivity contribution < 1.29 is 38.0 Å². The monoisotopic (exact) mass is 708 g/mol. The van der Waals surface area contributed by atoms with Crippen LogP contribution >= 0.6 is 0 Å². The number of carbonyl (C=O) groups is 2. The molecule has 0 saturated heterocycles. The van der Waals surface area contributed by atoms with Crippen molar-refractivity contribution >= 4 is 22.7 Å². The largest absolute Gasteiger partial charge is 0.502 e. The molecule has 4 aromatic rings. The number of ether oxygens (including phenoxy) is 6. The van der Waals surface area contributed by atoms with Gasteiger partial charge >= 0.3 is 11.9 Å². The molecule has 0 amide bonds. The van der Waals surface area contributed by atoms with Gasteiger partial charge in [-0.05, 0) is 86.3 Å². The minimum Gasteiger partial charge on any atom is -0.502 e. The summed E-state index contributed by atoms with van der Waals surface area (Å²) in [6.45, 7) is 9.82. The molecule has 276 valence electrons. The summed E-state index contributed by atoms with van der Waals surface area (Å²) in [4.78, 5) is 26.2. The van der Waals surface area contributed by atoms with Crippen molar-refractivity contribution in [2.75, 3.05) is 26.4 Å². The third kappa shape index (κ3) is 13.8. The topological polar surface area (TPSA) is 89.5 Å². The van der Waals surface area contributed by atoms with Crippen molar-refractivity contribution in [3.8, 4) is 23.0 Å².